The van der Waals surface area contributed by atoms with Crippen molar-refractivity contribution in [1.29, 1.82) is 0 Å². The highest BCUT2D eigenvalue weighted by Gasteiger charge is 2.20. The summed E-state index contributed by atoms with van der Waals surface area (Å²) in [4.78, 5) is 24.1. The molecule has 5 nitrogen and oxygen atoms in total. The van der Waals surface area contributed by atoms with Crippen LogP contribution < -0.4 is 16.4 Å². The van der Waals surface area contributed by atoms with E-state index < -0.39 is 5.41 Å². The fraction of sp³-hybridized carbons (Fsp3) is 0.579. The Morgan fingerprint density at radius 3 is 2.17 bits per heavy atom. The Balaban J connectivity index is 2.60. The van der Waals surface area contributed by atoms with Crippen molar-refractivity contribution in [3.8, 4) is 0 Å². The minimum absolute atomic E-state index is 0.00351. The summed E-state index contributed by atoms with van der Waals surface area (Å²) in [7, 11) is 0. The second-order valence-electron chi connectivity index (χ2n) is 7.67. The van der Waals surface area contributed by atoms with Crippen molar-refractivity contribution in [2.75, 3.05) is 6.54 Å². The standard InChI is InChI=1S/C19H31N3O2/c1-13(2)10-16(11-20)22-17(23)15-8-6-14(7-9-15)12-21-18(24)19(3,4)5/h6-9,13,16H,10-12,20H2,1-5H3,(H,21,24)(H,22,23). The summed E-state index contributed by atoms with van der Waals surface area (Å²) in [5, 5.41) is 5.86. The summed E-state index contributed by atoms with van der Waals surface area (Å²) in [6.45, 7) is 10.7. The molecule has 134 valence electrons. The van der Waals surface area contributed by atoms with Crippen LogP contribution in [0.2, 0.25) is 0 Å². The lowest BCUT2D eigenvalue weighted by molar-refractivity contribution is -0.128. The first-order valence-electron chi connectivity index (χ1n) is 8.51. The van der Waals surface area contributed by atoms with Crippen LogP contribution in [0.3, 0.4) is 0 Å². The van der Waals surface area contributed by atoms with Crippen molar-refractivity contribution in [3.63, 3.8) is 0 Å². The van der Waals surface area contributed by atoms with Crippen molar-refractivity contribution < 1.29 is 9.59 Å². The number of nitrogens with two attached hydrogens (primary N) is 1. The van der Waals surface area contributed by atoms with E-state index in [2.05, 4.69) is 24.5 Å². The van der Waals surface area contributed by atoms with E-state index in [1.807, 2.05) is 32.9 Å². The Hall–Kier alpha value is -1.88. The molecule has 0 aromatic heterocycles. The minimum Gasteiger partial charge on any atom is -0.352 e. The number of nitrogens with one attached hydrogen (secondary N) is 2. The molecule has 5 heteroatoms. The molecule has 1 rings (SSSR count). The van der Waals surface area contributed by atoms with Gasteiger partial charge in [0.25, 0.3) is 5.91 Å². The van der Waals surface area contributed by atoms with Crippen LogP contribution in [-0.4, -0.2) is 24.4 Å². The second kappa shape index (κ2) is 8.83. The van der Waals surface area contributed by atoms with Crippen molar-refractivity contribution in [3.05, 3.63) is 35.4 Å². The maximum absolute atomic E-state index is 12.3. The summed E-state index contributed by atoms with van der Waals surface area (Å²) in [5.74, 6) is 0.368. The Morgan fingerprint density at radius 2 is 1.71 bits per heavy atom. The first-order chi connectivity index (χ1) is 11.1. The topological polar surface area (TPSA) is 84.2 Å². The Bertz CT molecular complexity index is 545. The third kappa shape index (κ3) is 6.71. The second-order valence-corrected chi connectivity index (χ2v) is 7.67. The lowest BCUT2D eigenvalue weighted by atomic mass is 9.95. The van der Waals surface area contributed by atoms with Gasteiger partial charge in [0.1, 0.15) is 0 Å². The largest absolute Gasteiger partial charge is 0.352 e. The third-order valence-electron chi connectivity index (χ3n) is 3.73. The van der Waals surface area contributed by atoms with Gasteiger partial charge in [-0.15, -0.1) is 0 Å². The molecule has 1 unspecified atom stereocenters. The fourth-order valence-electron chi connectivity index (χ4n) is 2.27. The van der Waals surface area contributed by atoms with Crippen LogP contribution in [0.4, 0.5) is 0 Å². The molecule has 1 aromatic rings. The average molecular weight is 333 g/mol. The molecule has 0 fully saturated rings. The number of carbonyl (C=O) groups is 2. The van der Waals surface area contributed by atoms with Gasteiger partial charge in [-0.05, 0) is 30.0 Å². The molecular weight excluding hydrogens is 302 g/mol. The summed E-state index contributed by atoms with van der Waals surface area (Å²) in [6.07, 6.45) is 0.860. The molecule has 0 aliphatic carbocycles. The van der Waals surface area contributed by atoms with E-state index in [1.54, 1.807) is 12.1 Å². The van der Waals surface area contributed by atoms with Crippen LogP contribution in [0.15, 0.2) is 24.3 Å². The fourth-order valence-corrected chi connectivity index (χ4v) is 2.27. The molecule has 0 aliphatic heterocycles. The molecule has 0 aliphatic rings. The number of hydrogen-bond donors (Lipinski definition) is 3. The predicted molar refractivity (Wildman–Crippen MR) is 97.5 cm³/mol. The first kappa shape index (κ1) is 20.2. The van der Waals surface area contributed by atoms with E-state index in [0.717, 1.165) is 12.0 Å². The smallest absolute Gasteiger partial charge is 0.251 e. The number of hydrogen-bond acceptors (Lipinski definition) is 3. The lowest BCUT2D eigenvalue weighted by Gasteiger charge is -2.19. The molecule has 24 heavy (non-hydrogen) atoms. The number of amides is 2. The van der Waals surface area contributed by atoms with Crippen LogP contribution in [-0.2, 0) is 11.3 Å². The monoisotopic (exact) mass is 333 g/mol. The lowest BCUT2D eigenvalue weighted by Crippen LogP contribution is -2.41. The van der Waals surface area contributed by atoms with E-state index in [9.17, 15) is 9.59 Å². The number of carbonyl (C=O) groups excluding carboxylic acids is 2. The van der Waals surface area contributed by atoms with E-state index in [-0.39, 0.29) is 17.9 Å². The highest BCUT2D eigenvalue weighted by atomic mass is 16.2. The molecule has 0 spiro atoms. The summed E-state index contributed by atoms with van der Waals surface area (Å²) in [5.41, 5.74) is 6.87. The average Bonchev–Trinajstić information content (AvgIpc) is 2.50. The quantitative estimate of drug-likeness (QED) is 0.716. The molecule has 2 amide bonds. The Labute approximate surface area is 145 Å². The van der Waals surface area contributed by atoms with Crippen molar-refractivity contribution >= 4 is 11.8 Å². The van der Waals surface area contributed by atoms with Gasteiger partial charge in [0.2, 0.25) is 5.91 Å². The highest BCUT2D eigenvalue weighted by molar-refractivity contribution is 5.94. The van der Waals surface area contributed by atoms with Crippen LogP contribution in [0, 0.1) is 11.3 Å². The zero-order chi connectivity index (χ0) is 18.3. The van der Waals surface area contributed by atoms with Gasteiger partial charge in [-0.1, -0.05) is 46.8 Å². The van der Waals surface area contributed by atoms with Crippen molar-refractivity contribution in [1.82, 2.24) is 10.6 Å². The number of rotatable bonds is 7. The van der Waals surface area contributed by atoms with Gasteiger partial charge in [0, 0.05) is 30.1 Å². The maximum atomic E-state index is 12.3. The van der Waals surface area contributed by atoms with Crippen molar-refractivity contribution in [2.24, 2.45) is 17.1 Å². The third-order valence-corrected chi connectivity index (χ3v) is 3.73. The van der Waals surface area contributed by atoms with Gasteiger partial charge in [0.05, 0.1) is 0 Å². The minimum atomic E-state index is -0.409. The first-order valence-corrected chi connectivity index (χ1v) is 8.51. The summed E-state index contributed by atoms with van der Waals surface area (Å²) < 4.78 is 0. The van der Waals surface area contributed by atoms with Gasteiger partial charge in [-0.25, -0.2) is 0 Å². The molecule has 0 saturated heterocycles. The maximum Gasteiger partial charge on any atom is 0.251 e. The molecule has 0 radical (unpaired) electrons. The van der Waals surface area contributed by atoms with Gasteiger partial charge >= 0.3 is 0 Å². The normalized spacial score (nSPS) is 12.8. The van der Waals surface area contributed by atoms with E-state index in [1.165, 1.54) is 0 Å². The predicted octanol–water partition coefficient (Wildman–Crippen LogP) is 2.45. The van der Waals surface area contributed by atoms with Gasteiger partial charge in [-0.2, -0.15) is 0 Å². The van der Waals surface area contributed by atoms with E-state index in [0.29, 0.717) is 24.6 Å². The van der Waals surface area contributed by atoms with E-state index >= 15 is 0 Å². The van der Waals surface area contributed by atoms with Gasteiger partial charge < -0.3 is 16.4 Å². The highest BCUT2D eigenvalue weighted by Crippen LogP contribution is 2.13. The van der Waals surface area contributed by atoms with Crippen LogP contribution >= 0.6 is 0 Å². The Kier molecular flexibility index (Phi) is 7.42. The molecule has 4 N–H and O–H groups in total. The summed E-state index contributed by atoms with van der Waals surface area (Å²) in [6, 6.07) is 7.26. The molecule has 0 saturated carbocycles. The molecular formula is C19H31N3O2. The van der Waals surface area contributed by atoms with Gasteiger partial charge in [0.15, 0.2) is 0 Å². The molecule has 0 bridgehead atoms. The van der Waals surface area contributed by atoms with Crippen LogP contribution in [0.5, 0.6) is 0 Å². The molecule has 1 atom stereocenters. The SMILES string of the molecule is CC(C)CC(CN)NC(=O)c1ccc(CNC(=O)C(C)(C)C)cc1. The van der Waals surface area contributed by atoms with Crippen LogP contribution in [0.1, 0.15) is 57.0 Å². The Morgan fingerprint density at radius 1 is 1.12 bits per heavy atom. The van der Waals surface area contributed by atoms with Crippen molar-refractivity contribution in [2.45, 2.75) is 53.6 Å². The zero-order valence-electron chi connectivity index (χ0n) is 15.5. The summed E-state index contributed by atoms with van der Waals surface area (Å²) >= 11 is 0. The number of benzene rings is 1. The molecule has 0 heterocycles. The van der Waals surface area contributed by atoms with Crippen LogP contribution in [0.25, 0.3) is 0 Å². The van der Waals surface area contributed by atoms with E-state index in [4.69, 9.17) is 5.73 Å². The zero-order valence-corrected chi connectivity index (χ0v) is 15.5. The molecule has 1 aromatic carbocycles. The van der Waals surface area contributed by atoms with Gasteiger partial charge in [-0.3, -0.25) is 9.59 Å².